The Morgan fingerprint density at radius 1 is 1.34 bits per heavy atom. The Bertz CT molecular complexity index is 776. The van der Waals surface area contributed by atoms with Crippen LogP contribution in [-0.4, -0.2) is 77.5 Å². The lowest BCUT2D eigenvalue weighted by molar-refractivity contribution is 0.0946. The summed E-state index contributed by atoms with van der Waals surface area (Å²) in [6.07, 6.45) is 4.93. The molecule has 1 aliphatic rings. The number of piperidine rings is 1. The van der Waals surface area contributed by atoms with Crippen LogP contribution in [0.1, 0.15) is 60.2 Å². The van der Waals surface area contributed by atoms with Crippen LogP contribution in [-0.2, 0) is 0 Å². The Morgan fingerprint density at radius 3 is 2.76 bits per heavy atom. The van der Waals surface area contributed by atoms with Gasteiger partial charge < -0.3 is 19.5 Å². The zero-order valence-electron chi connectivity index (χ0n) is 18.1. The number of amides is 1. The third kappa shape index (κ3) is 6.14. The van der Waals surface area contributed by atoms with E-state index in [1.165, 1.54) is 0 Å². The second-order valence-corrected chi connectivity index (χ2v) is 8.35. The van der Waals surface area contributed by atoms with Crippen molar-refractivity contribution >= 4 is 5.91 Å². The molecule has 0 saturated carbocycles. The third-order valence-corrected chi connectivity index (χ3v) is 5.64. The largest absolute Gasteiger partial charge is 0.466 e. The molecule has 2 aromatic rings. The molecule has 29 heavy (non-hydrogen) atoms. The van der Waals surface area contributed by atoms with E-state index in [4.69, 9.17) is 4.42 Å². The van der Waals surface area contributed by atoms with Gasteiger partial charge in [0.25, 0.3) is 5.91 Å². The Kier molecular flexibility index (Phi) is 7.44. The smallest absolute Gasteiger partial charge is 0.273 e. The number of rotatable bonds is 9. The number of likely N-dealkylation sites (tertiary alicyclic amines) is 1. The lowest BCUT2D eigenvalue weighted by Gasteiger charge is -2.32. The fraction of sp³-hybridized carbons (Fsp3) is 0.667. The molecule has 1 aliphatic heterocycles. The van der Waals surface area contributed by atoms with Crippen LogP contribution in [0.4, 0.5) is 0 Å². The molecule has 0 aromatic carbocycles. The molecule has 8 nitrogen and oxygen atoms in total. The van der Waals surface area contributed by atoms with Gasteiger partial charge in [0.15, 0.2) is 5.69 Å². The predicted octanol–water partition coefficient (Wildman–Crippen LogP) is 2.30. The van der Waals surface area contributed by atoms with Gasteiger partial charge in [-0.1, -0.05) is 12.1 Å². The van der Waals surface area contributed by atoms with Crippen LogP contribution < -0.4 is 5.32 Å². The van der Waals surface area contributed by atoms with Crippen molar-refractivity contribution in [3.63, 3.8) is 0 Å². The molecule has 0 spiro atoms. The summed E-state index contributed by atoms with van der Waals surface area (Å²) in [6.45, 7) is 8.78. The number of nitrogens with zero attached hydrogens (tertiary/aromatic N) is 5. The van der Waals surface area contributed by atoms with Gasteiger partial charge in [0.1, 0.15) is 11.5 Å². The Labute approximate surface area is 173 Å². The molecule has 2 aromatic heterocycles. The van der Waals surface area contributed by atoms with E-state index in [0.29, 0.717) is 24.2 Å². The van der Waals surface area contributed by atoms with Gasteiger partial charge in [-0.3, -0.25) is 4.79 Å². The molecule has 1 atom stereocenters. The highest BCUT2D eigenvalue weighted by atomic mass is 16.3. The number of carbonyl (C=O) groups is 1. The maximum atomic E-state index is 12.2. The van der Waals surface area contributed by atoms with Gasteiger partial charge in [0, 0.05) is 32.1 Å². The average molecular weight is 403 g/mol. The number of carbonyl (C=O) groups excluding carboxylic acids is 1. The molecule has 3 rings (SSSR count). The second kappa shape index (κ2) is 10.0. The molecule has 1 N–H and O–H groups in total. The first-order chi connectivity index (χ1) is 13.9. The number of nitrogens with one attached hydrogen (secondary N) is 1. The fourth-order valence-corrected chi connectivity index (χ4v) is 3.69. The predicted molar refractivity (Wildman–Crippen MR) is 112 cm³/mol. The maximum Gasteiger partial charge on any atom is 0.273 e. The molecule has 1 saturated heterocycles. The Hall–Kier alpha value is -2.19. The van der Waals surface area contributed by atoms with Crippen molar-refractivity contribution in [2.75, 3.05) is 46.8 Å². The summed E-state index contributed by atoms with van der Waals surface area (Å²) < 4.78 is 7.61. The normalized spacial score (nSPS) is 17.0. The van der Waals surface area contributed by atoms with Gasteiger partial charge in [-0.05, 0) is 59.0 Å². The number of aromatic nitrogens is 3. The summed E-state index contributed by atoms with van der Waals surface area (Å²) in [5.41, 5.74) is 0.397. The summed E-state index contributed by atoms with van der Waals surface area (Å²) in [5.74, 6) is 2.34. The van der Waals surface area contributed by atoms with Crippen LogP contribution >= 0.6 is 0 Å². The van der Waals surface area contributed by atoms with E-state index < -0.39 is 0 Å². The molecule has 0 radical (unpaired) electrons. The number of hydrogen-bond donors (Lipinski definition) is 1. The molecule has 1 amide bonds. The van der Waals surface area contributed by atoms with Gasteiger partial charge in [-0.25, -0.2) is 4.68 Å². The Balaban J connectivity index is 1.41. The van der Waals surface area contributed by atoms with Crippen LogP contribution in [0, 0.1) is 6.92 Å². The van der Waals surface area contributed by atoms with Crippen molar-refractivity contribution in [2.45, 2.75) is 45.1 Å². The SMILES string of the molecule is Cc1ccc([C@H](C)CCN2CCC(n3cc(C(=O)NCCN(C)C)nn3)CC2)o1. The topological polar surface area (TPSA) is 79.4 Å². The van der Waals surface area contributed by atoms with Gasteiger partial charge in [-0.15, -0.1) is 5.10 Å². The quantitative estimate of drug-likeness (QED) is 0.693. The van der Waals surface area contributed by atoms with Crippen LogP contribution in [0.15, 0.2) is 22.7 Å². The first-order valence-electron chi connectivity index (χ1n) is 10.6. The van der Waals surface area contributed by atoms with E-state index in [2.05, 4.69) is 33.5 Å². The summed E-state index contributed by atoms with van der Waals surface area (Å²) in [5, 5.41) is 11.2. The summed E-state index contributed by atoms with van der Waals surface area (Å²) in [4.78, 5) is 16.7. The first kappa shape index (κ1) is 21.5. The van der Waals surface area contributed by atoms with Gasteiger partial charge in [-0.2, -0.15) is 0 Å². The minimum Gasteiger partial charge on any atom is -0.466 e. The zero-order valence-corrected chi connectivity index (χ0v) is 18.1. The summed E-state index contributed by atoms with van der Waals surface area (Å²) in [7, 11) is 3.96. The van der Waals surface area contributed by atoms with Crippen LogP contribution in [0.25, 0.3) is 0 Å². The van der Waals surface area contributed by atoms with Gasteiger partial charge >= 0.3 is 0 Å². The molecule has 0 aliphatic carbocycles. The summed E-state index contributed by atoms with van der Waals surface area (Å²) >= 11 is 0. The van der Waals surface area contributed by atoms with E-state index in [-0.39, 0.29) is 5.91 Å². The highest BCUT2D eigenvalue weighted by Crippen LogP contribution is 2.25. The highest BCUT2D eigenvalue weighted by molar-refractivity contribution is 5.91. The molecule has 8 heteroatoms. The molecule has 3 heterocycles. The van der Waals surface area contributed by atoms with Crippen molar-refractivity contribution < 1.29 is 9.21 Å². The van der Waals surface area contributed by atoms with Crippen molar-refractivity contribution in [1.82, 2.24) is 30.1 Å². The molecular weight excluding hydrogens is 368 g/mol. The number of likely N-dealkylation sites (N-methyl/N-ethyl adjacent to an activating group) is 1. The first-order valence-corrected chi connectivity index (χ1v) is 10.6. The maximum absolute atomic E-state index is 12.2. The van der Waals surface area contributed by atoms with E-state index in [1.807, 2.05) is 36.7 Å². The third-order valence-electron chi connectivity index (χ3n) is 5.64. The molecule has 0 bridgehead atoms. The van der Waals surface area contributed by atoms with Gasteiger partial charge in [0.2, 0.25) is 0 Å². The standard InChI is InChI=1S/C21H34N6O2/c1-16(20-6-5-17(2)29-20)7-11-26-12-8-18(9-13-26)27-15-19(23-24-27)21(28)22-10-14-25(3)4/h5-6,15-16,18H,7-14H2,1-4H3,(H,22,28)/t16-/m1/s1. The molecule has 0 unspecified atom stereocenters. The highest BCUT2D eigenvalue weighted by Gasteiger charge is 2.23. The van der Waals surface area contributed by atoms with Gasteiger partial charge in [0.05, 0.1) is 12.2 Å². The van der Waals surface area contributed by atoms with Crippen molar-refractivity contribution in [2.24, 2.45) is 0 Å². The van der Waals surface area contributed by atoms with Crippen LogP contribution in [0.3, 0.4) is 0 Å². The average Bonchev–Trinajstić information content (AvgIpc) is 3.35. The zero-order chi connectivity index (χ0) is 20.8. The van der Waals surface area contributed by atoms with Crippen molar-refractivity contribution in [3.05, 3.63) is 35.5 Å². The number of furan rings is 1. The lowest BCUT2D eigenvalue weighted by Crippen LogP contribution is -2.35. The second-order valence-electron chi connectivity index (χ2n) is 8.35. The number of aryl methyl sites for hydroxylation is 1. The minimum atomic E-state index is -0.155. The summed E-state index contributed by atoms with van der Waals surface area (Å²) in [6, 6.07) is 4.43. The van der Waals surface area contributed by atoms with Crippen molar-refractivity contribution in [1.29, 1.82) is 0 Å². The molecular formula is C21H34N6O2. The lowest BCUT2D eigenvalue weighted by atomic mass is 10.0. The number of hydrogen-bond acceptors (Lipinski definition) is 6. The van der Waals surface area contributed by atoms with E-state index >= 15 is 0 Å². The molecule has 160 valence electrons. The monoisotopic (exact) mass is 402 g/mol. The van der Waals surface area contributed by atoms with Crippen LogP contribution in [0.2, 0.25) is 0 Å². The van der Waals surface area contributed by atoms with E-state index in [9.17, 15) is 4.79 Å². The minimum absolute atomic E-state index is 0.155. The van der Waals surface area contributed by atoms with E-state index in [1.54, 1.807) is 6.20 Å². The fourth-order valence-electron chi connectivity index (χ4n) is 3.69. The van der Waals surface area contributed by atoms with Crippen LogP contribution in [0.5, 0.6) is 0 Å². The Morgan fingerprint density at radius 2 is 2.10 bits per heavy atom. The van der Waals surface area contributed by atoms with Crippen molar-refractivity contribution in [3.8, 4) is 0 Å². The van der Waals surface area contributed by atoms with E-state index in [0.717, 1.165) is 57.0 Å². The molecule has 1 fully saturated rings.